The summed E-state index contributed by atoms with van der Waals surface area (Å²) in [4.78, 5) is 33.5. The number of amides is 1. The quantitative estimate of drug-likeness (QED) is 0.651. The Hall–Kier alpha value is -3.61. The lowest BCUT2D eigenvalue weighted by Crippen LogP contribution is -2.35. The van der Waals surface area contributed by atoms with Crippen LogP contribution >= 0.6 is 0 Å². The van der Waals surface area contributed by atoms with Crippen LogP contribution < -0.4 is 20.5 Å². The van der Waals surface area contributed by atoms with E-state index >= 15 is 0 Å². The molecule has 0 spiro atoms. The predicted octanol–water partition coefficient (Wildman–Crippen LogP) is 2.98. The maximum atomic E-state index is 13.5. The Morgan fingerprint density at radius 1 is 1.00 bits per heavy atom. The molecule has 2 aromatic carbocycles. The number of piperidine rings is 1. The lowest BCUT2D eigenvalue weighted by molar-refractivity contribution is 0.0940. The molecule has 1 fully saturated rings. The van der Waals surface area contributed by atoms with Crippen LogP contribution in [0.3, 0.4) is 0 Å². The smallest absolute Gasteiger partial charge is 0.298 e. The number of hydrogen-bond acceptors (Lipinski definition) is 5. The summed E-state index contributed by atoms with van der Waals surface area (Å²) in [6, 6.07) is 19.3. The third-order valence-electron chi connectivity index (χ3n) is 6.18. The zero-order valence-corrected chi connectivity index (χ0v) is 17.9. The molecule has 1 amide bonds. The summed E-state index contributed by atoms with van der Waals surface area (Å²) in [5.74, 6) is 0.640. The summed E-state index contributed by atoms with van der Waals surface area (Å²) in [6.45, 7) is 2.87. The number of rotatable bonds is 6. The van der Waals surface area contributed by atoms with Crippen LogP contribution in [0.5, 0.6) is 5.75 Å². The van der Waals surface area contributed by atoms with Gasteiger partial charge in [0.05, 0.1) is 0 Å². The van der Waals surface area contributed by atoms with E-state index in [-0.39, 0.29) is 23.6 Å². The molecule has 0 unspecified atom stereocenters. The molecule has 7 nitrogen and oxygen atoms in total. The molecule has 1 aromatic heterocycles. The van der Waals surface area contributed by atoms with E-state index in [0.717, 1.165) is 37.1 Å². The first-order valence-electron chi connectivity index (χ1n) is 11.1. The van der Waals surface area contributed by atoms with E-state index in [4.69, 9.17) is 4.74 Å². The molecule has 164 valence electrons. The third-order valence-corrected chi connectivity index (χ3v) is 6.18. The van der Waals surface area contributed by atoms with Crippen molar-refractivity contribution in [2.75, 3.05) is 18.0 Å². The Kier molecular flexibility index (Phi) is 5.62. The van der Waals surface area contributed by atoms with E-state index < -0.39 is 5.91 Å². The number of hydrogen-bond donors (Lipinski definition) is 1. The number of anilines is 1. The number of fused-ring (bicyclic) bond motifs is 2. The fourth-order valence-electron chi connectivity index (χ4n) is 4.38. The lowest BCUT2D eigenvalue weighted by atomic mass is 9.98. The van der Waals surface area contributed by atoms with Crippen LogP contribution in [-0.4, -0.2) is 28.5 Å². The zero-order valence-electron chi connectivity index (χ0n) is 17.9. The van der Waals surface area contributed by atoms with Gasteiger partial charge in [0.25, 0.3) is 11.5 Å². The largest absolute Gasteiger partial charge is 0.481 e. The predicted molar refractivity (Wildman–Crippen MR) is 122 cm³/mol. The van der Waals surface area contributed by atoms with Crippen LogP contribution in [0.4, 0.5) is 5.95 Å². The van der Waals surface area contributed by atoms with Crippen molar-refractivity contribution in [2.45, 2.75) is 32.5 Å². The second kappa shape index (κ2) is 8.86. The highest BCUT2D eigenvalue weighted by Crippen LogP contribution is 2.29. The molecule has 2 bridgehead atoms. The van der Waals surface area contributed by atoms with Gasteiger partial charge in [-0.15, -0.1) is 0 Å². The first kappa shape index (κ1) is 20.3. The molecule has 1 N–H and O–H groups in total. The van der Waals surface area contributed by atoms with Crippen molar-refractivity contribution in [3.8, 4) is 5.75 Å². The van der Waals surface area contributed by atoms with Crippen LogP contribution in [0.2, 0.25) is 0 Å². The number of carbonyl (C=O) groups excluding carboxylic acids is 1. The summed E-state index contributed by atoms with van der Waals surface area (Å²) >= 11 is 0. The maximum absolute atomic E-state index is 13.5. The minimum absolute atomic E-state index is 0.0191. The molecule has 32 heavy (non-hydrogen) atoms. The summed E-state index contributed by atoms with van der Waals surface area (Å²) < 4.78 is 7.64. The highest BCUT2D eigenvalue weighted by Gasteiger charge is 2.32. The van der Waals surface area contributed by atoms with Crippen LogP contribution in [0.1, 0.15) is 34.5 Å². The molecule has 0 atom stereocenters. The topological polar surface area (TPSA) is 76.5 Å². The number of carbonyl (C=O) groups is 1. The molecule has 7 heteroatoms. The highest BCUT2D eigenvalue weighted by atomic mass is 16.5. The first-order valence-corrected chi connectivity index (χ1v) is 11.1. The second-order valence-electron chi connectivity index (χ2n) is 8.38. The molecule has 6 rings (SSSR count). The number of ether oxygens (including phenoxy) is 1. The van der Waals surface area contributed by atoms with Gasteiger partial charge in [-0.3, -0.25) is 14.2 Å². The van der Waals surface area contributed by atoms with E-state index in [2.05, 4.69) is 15.2 Å². The third kappa shape index (κ3) is 4.10. The van der Waals surface area contributed by atoms with Crippen molar-refractivity contribution in [2.24, 2.45) is 5.92 Å². The zero-order chi connectivity index (χ0) is 21.9. The fourth-order valence-corrected chi connectivity index (χ4v) is 4.38. The maximum Gasteiger partial charge on any atom is 0.298 e. The van der Waals surface area contributed by atoms with Crippen LogP contribution in [-0.2, 0) is 19.7 Å². The number of nitrogens with one attached hydrogen (secondary N) is 1. The average Bonchev–Trinajstić information content (AvgIpc) is 3.13. The van der Waals surface area contributed by atoms with E-state index in [1.54, 1.807) is 4.57 Å². The molecule has 1 saturated heterocycles. The molecule has 3 aliphatic heterocycles. The van der Waals surface area contributed by atoms with E-state index in [9.17, 15) is 9.59 Å². The average molecular weight is 431 g/mol. The van der Waals surface area contributed by atoms with Gasteiger partial charge in [0, 0.05) is 26.2 Å². The van der Waals surface area contributed by atoms with Crippen LogP contribution in [0.15, 0.2) is 65.5 Å². The van der Waals surface area contributed by atoms with Gasteiger partial charge in [0.1, 0.15) is 6.61 Å². The van der Waals surface area contributed by atoms with Gasteiger partial charge < -0.3 is 15.0 Å². The SMILES string of the molecule is O=C(NCc1ccccc1)c1nc2n(c(=O)c1OCc1ccccc1)CC1CCN2CC1. The number of benzene rings is 2. The Bertz CT molecular complexity index is 1150. The Morgan fingerprint density at radius 2 is 1.66 bits per heavy atom. The molecule has 4 heterocycles. The molecular weight excluding hydrogens is 404 g/mol. The summed E-state index contributed by atoms with van der Waals surface area (Å²) in [5.41, 5.74) is 1.67. The lowest BCUT2D eigenvalue weighted by Gasteiger charge is -2.27. The minimum atomic E-state index is -0.405. The van der Waals surface area contributed by atoms with Crippen molar-refractivity contribution >= 4 is 11.9 Å². The first-order chi connectivity index (χ1) is 15.7. The van der Waals surface area contributed by atoms with Gasteiger partial charge in [-0.25, -0.2) is 4.98 Å². The molecule has 0 radical (unpaired) electrons. The van der Waals surface area contributed by atoms with E-state index in [1.807, 2.05) is 60.7 Å². The Balaban J connectivity index is 1.49. The summed E-state index contributed by atoms with van der Waals surface area (Å²) in [5, 5.41) is 2.90. The van der Waals surface area contributed by atoms with E-state index in [1.165, 1.54) is 0 Å². The molecule has 0 aliphatic carbocycles. The van der Waals surface area contributed by atoms with Gasteiger partial charge in [-0.05, 0) is 29.9 Å². The van der Waals surface area contributed by atoms with Crippen molar-refractivity contribution in [1.82, 2.24) is 14.9 Å². The summed E-state index contributed by atoms with van der Waals surface area (Å²) in [7, 11) is 0. The van der Waals surface area contributed by atoms with E-state index in [0.29, 0.717) is 25.0 Å². The number of nitrogens with zero attached hydrogens (tertiary/aromatic N) is 3. The normalized spacial score (nSPS) is 15.2. The second-order valence-corrected chi connectivity index (χ2v) is 8.38. The standard InChI is InChI=1S/C25H26N4O3/c30-23(26-15-18-7-3-1-4-8-18)21-22(32-17-20-9-5-2-6-10-20)24(31)29-16-19-11-13-28(14-12-19)25(29)27-21/h1-10,19H,11-17H2,(H,26,30). The monoisotopic (exact) mass is 430 g/mol. The van der Waals surface area contributed by atoms with Crippen molar-refractivity contribution < 1.29 is 9.53 Å². The van der Waals surface area contributed by atoms with Crippen LogP contribution in [0.25, 0.3) is 0 Å². The van der Waals surface area contributed by atoms with Crippen molar-refractivity contribution in [1.29, 1.82) is 0 Å². The number of aromatic nitrogens is 2. The van der Waals surface area contributed by atoms with Gasteiger partial charge in [0.15, 0.2) is 5.69 Å². The van der Waals surface area contributed by atoms with Crippen molar-refractivity contribution in [3.63, 3.8) is 0 Å². The molecule has 3 aliphatic rings. The minimum Gasteiger partial charge on any atom is -0.481 e. The van der Waals surface area contributed by atoms with Crippen molar-refractivity contribution in [3.05, 3.63) is 87.8 Å². The Labute approximate surface area is 186 Å². The van der Waals surface area contributed by atoms with Gasteiger partial charge in [-0.1, -0.05) is 60.7 Å². The summed E-state index contributed by atoms with van der Waals surface area (Å²) in [6.07, 6.45) is 2.05. The highest BCUT2D eigenvalue weighted by molar-refractivity contribution is 5.95. The molecule has 0 saturated carbocycles. The molecule has 3 aromatic rings. The van der Waals surface area contributed by atoms with Gasteiger partial charge in [-0.2, -0.15) is 0 Å². The fraction of sp³-hybridized carbons (Fsp3) is 0.320. The molecular formula is C25H26N4O3. The Morgan fingerprint density at radius 3 is 2.34 bits per heavy atom. The van der Waals surface area contributed by atoms with Gasteiger partial charge in [0.2, 0.25) is 11.7 Å². The van der Waals surface area contributed by atoms with Crippen LogP contribution in [0, 0.1) is 5.92 Å². The van der Waals surface area contributed by atoms with Gasteiger partial charge >= 0.3 is 0 Å².